The molecule has 0 saturated carbocycles. The highest BCUT2D eigenvalue weighted by Gasteiger charge is 2.35. The van der Waals surface area contributed by atoms with Gasteiger partial charge in [0.05, 0.1) is 6.26 Å². The smallest absolute Gasteiger partial charge is 0.410 e. The van der Waals surface area contributed by atoms with Crippen LogP contribution in [0.15, 0.2) is 22.8 Å². The van der Waals surface area contributed by atoms with E-state index in [2.05, 4.69) is 19.2 Å². The molecule has 0 fully saturated rings. The van der Waals surface area contributed by atoms with Crippen LogP contribution >= 0.6 is 0 Å². The molecule has 1 amide bonds. The zero-order valence-corrected chi connectivity index (χ0v) is 12.9. The summed E-state index contributed by atoms with van der Waals surface area (Å²) in [5.41, 5.74) is -2.16. The van der Waals surface area contributed by atoms with Crippen LogP contribution in [0.5, 0.6) is 0 Å². The second-order valence-electron chi connectivity index (χ2n) is 6.40. The Balaban J connectivity index is 2.81. The van der Waals surface area contributed by atoms with E-state index < -0.39 is 17.4 Å². The van der Waals surface area contributed by atoms with E-state index in [0.29, 0.717) is 18.1 Å². The van der Waals surface area contributed by atoms with Gasteiger partial charge in [0.1, 0.15) is 5.60 Å². The van der Waals surface area contributed by atoms with Crippen molar-refractivity contribution < 1.29 is 19.1 Å². The van der Waals surface area contributed by atoms with E-state index in [1.807, 2.05) is 0 Å². The van der Waals surface area contributed by atoms with Gasteiger partial charge in [-0.2, -0.15) is 0 Å². The lowest BCUT2D eigenvalue weighted by Gasteiger charge is -2.29. The van der Waals surface area contributed by atoms with E-state index in [9.17, 15) is 9.90 Å². The van der Waals surface area contributed by atoms with Gasteiger partial charge in [-0.05, 0) is 45.2 Å². The molecule has 2 N–H and O–H groups in total. The Labute approximate surface area is 120 Å². The van der Waals surface area contributed by atoms with Crippen LogP contribution in [0.2, 0.25) is 0 Å². The molecule has 0 aromatic carbocycles. The molecule has 5 heteroatoms. The highest BCUT2D eigenvalue weighted by Crippen LogP contribution is 2.26. The average Bonchev–Trinajstić information content (AvgIpc) is 2.77. The number of nitrogens with one attached hydrogen (secondary N) is 1. The molecule has 0 bridgehead atoms. The topological polar surface area (TPSA) is 71.7 Å². The number of furan rings is 1. The number of amides is 1. The third kappa shape index (κ3) is 5.25. The third-order valence-electron chi connectivity index (χ3n) is 2.72. The molecular formula is C15H25NO4. The Kier molecular flexibility index (Phi) is 5.22. The number of hydrogen-bond acceptors (Lipinski definition) is 4. The highest BCUT2D eigenvalue weighted by molar-refractivity contribution is 5.68. The quantitative estimate of drug-likeness (QED) is 0.813. The van der Waals surface area contributed by atoms with Gasteiger partial charge < -0.3 is 14.3 Å². The van der Waals surface area contributed by atoms with Gasteiger partial charge in [0.2, 0.25) is 0 Å². The largest absolute Gasteiger partial charge is 0.464 e. The molecule has 1 rings (SSSR count). The number of alkyl carbamates (subject to hydrolysis) is 1. The molecule has 0 aliphatic heterocycles. The molecule has 1 heterocycles. The average molecular weight is 283 g/mol. The predicted molar refractivity (Wildman–Crippen MR) is 76.0 cm³/mol. The number of carbonyl (C=O) groups excluding carboxylic acids is 1. The number of ether oxygens (including phenoxy) is 1. The second-order valence-corrected chi connectivity index (χ2v) is 6.40. The first kappa shape index (κ1) is 16.6. The Hall–Kier alpha value is -1.49. The van der Waals surface area contributed by atoms with Gasteiger partial charge in [-0.1, -0.05) is 13.8 Å². The molecule has 1 aromatic heterocycles. The van der Waals surface area contributed by atoms with Crippen molar-refractivity contribution in [2.45, 2.75) is 58.8 Å². The minimum absolute atomic E-state index is 0.309. The van der Waals surface area contributed by atoms with Crippen molar-refractivity contribution >= 4 is 6.09 Å². The summed E-state index contributed by atoms with van der Waals surface area (Å²) in [5, 5.41) is 13.2. The number of aliphatic hydroxyl groups is 1. The summed E-state index contributed by atoms with van der Waals surface area (Å²) in [6.07, 6.45) is 1.90. The van der Waals surface area contributed by atoms with E-state index in [0.717, 1.165) is 6.42 Å². The van der Waals surface area contributed by atoms with Crippen molar-refractivity contribution in [2.75, 3.05) is 0 Å². The molecular weight excluding hydrogens is 258 g/mol. The number of hydrogen-bond donors (Lipinski definition) is 2. The maximum absolute atomic E-state index is 11.9. The molecule has 1 aromatic rings. The normalized spacial score (nSPS) is 14.9. The van der Waals surface area contributed by atoms with Crippen molar-refractivity contribution in [3.8, 4) is 0 Å². The van der Waals surface area contributed by atoms with Crippen molar-refractivity contribution in [1.29, 1.82) is 0 Å². The Morgan fingerprint density at radius 2 is 2.10 bits per heavy atom. The van der Waals surface area contributed by atoms with Crippen molar-refractivity contribution in [3.63, 3.8) is 0 Å². The van der Waals surface area contributed by atoms with Crippen LogP contribution in [0, 0.1) is 5.92 Å². The Morgan fingerprint density at radius 1 is 1.45 bits per heavy atom. The molecule has 5 nitrogen and oxygen atoms in total. The minimum atomic E-state index is -1.55. The molecule has 0 unspecified atom stereocenters. The molecule has 0 spiro atoms. The SMILES string of the molecule is CC(C)CC[C@](O)(NC(=O)OC(C)(C)C)c1ccco1. The zero-order chi connectivity index (χ0) is 15.4. The van der Waals surface area contributed by atoms with E-state index in [1.54, 1.807) is 32.9 Å². The second kappa shape index (κ2) is 6.31. The fourth-order valence-corrected chi connectivity index (χ4v) is 1.73. The summed E-state index contributed by atoms with van der Waals surface area (Å²) < 4.78 is 10.4. The molecule has 1 atom stereocenters. The van der Waals surface area contributed by atoms with Crippen LogP contribution in [0.4, 0.5) is 4.79 Å². The van der Waals surface area contributed by atoms with Crippen molar-refractivity contribution in [1.82, 2.24) is 5.32 Å². The fraction of sp³-hybridized carbons (Fsp3) is 0.667. The van der Waals surface area contributed by atoms with E-state index in [1.165, 1.54) is 6.26 Å². The maximum atomic E-state index is 11.9. The van der Waals surface area contributed by atoms with Crippen LogP contribution < -0.4 is 5.32 Å². The lowest BCUT2D eigenvalue weighted by atomic mass is 9.98. The van der Waals surface area contributed by atoms with Crippen LogP contribution in [-0.4, -0.2) is 16.8 Å². The molecule has 20 heavy (non-hydrogen) atoms. The summed E-state index contributed by atoms with van der Waals surface area (Å²) in [7, 11) is 0. The first-order valence-corrected chi connectivity index (χ1v) is 6.90. The number of carbonyl (C=O) groups is 1. The van der Waals surface area contributed by atoms with E-state index in [-0.39, 0.29) is 0 Å². The van der Waals surface area contributed by atoms with Gasteiger partial charge in [0.25, 0.3) is 0 Å². The first-order chi connectivity index (χ1) is 9.12. The van der Waals surface area contributed by atoms with Gasteiger partial charge >= 0.3 is 6.09 Å². The summed E-state index contributed by atoms with van der Waals surface area (Å²) in [6.45, 7) is 9.41. The summed E-state index contributed by atoms with van der Waals surface area (Å²) >= 11 is 0. The van der Waals surface area contributed by atoms with Crippen LogP contribution in [0.1, 0.15) is 53.2 Å². The van der Waals surface area contributed by atoms with Crippen molar-refractivity contribution in [3.05, 3.63) is 24.2 Å². The lowest BCUT2D eigenvalue weighted by Crippen LogP contribution is -2.47. The molecule has 0 radical (unpaired) electrons. The van der Waals surface area contributed by atoms with E-state index in [4.69, 9.17) is 9.15 Å². The van der Waals surface area contributed by atoms with E-state index >= 15 is 0 Å². The Morgan fingerprint density at radius 3 is 2.55 bits per heavy atom. The standard InChI is InChI=1S/C15H25NO4/c1-11(2)8-9-15(18,12-7-6-10-19-12)16-13(17)20-14(3,4)5/h6-7,10-11,18H,8-9H2,1-5H3,(H,16,17)/t15-/m1/s1. The fourth-order valence-electron chi connectivity index (χ4n) is 1.73. The van der Waals surface area contributed by atoms with Crippen LogP contribution in [0.25, 0.3) is 0 Å². The van der Waals surface area contributed by atoms with Gasteiger partial charge in [0, 0.05) is 6.42 Å². The van der Waals surface area contributed by atoms with Gasteiger partial charge in [-0.15, -0.1) is 0 Å². The summed E-state index contributed by atoms with van der Waals surface area (Å²) in [4.78, 5) is 11.9. The van der Waals surface area contributed by atoms with Gasteiger partial charge in [-0.3, -0.25) is 5.32 Å². The Bertz CT molecular complexity index is 420. The van der Waals surface area contributed by atoms with Crippen molar-refractivity contribution in [2.24, 2.45) is 5.92 Å². The monoisotopic (exact) mass is 283 g/mol. The molecule has 0 aliphatic rings. The first-order valence-electron chi connectivity index (χ1n) is 6.90. The summed E-state index contributed by atoms with van der Waals surface area (Å²) in [6, 6.07) is 3.31. The maximum Gasteiger partial charge on any atom is 0.410 e. The predicted octanol–water partition coefficient (Wildman–Crippen LogP) is 3.39. The minimum Gasteiger partial charge on any atom is -0.464 e. The third-order valence-corrected chi connectivity index (χ3v) is 2.72. The van der Waals surface area contributed by atoms with Gasteiger partial charge in [-0.25, -0.2) is 4.79 Å². The molecule has 0 aliphatic carbocycles. The highest BCUT2D eigenvalue weighted by atomic mass is 16.6. The molecule has 114 valence electrons. The molecule has 0 saturated heterocycles. The number of rotatable bonds is 5. The van der Waals surface area contributed by atoms with Crippen LogP contribution in [-0.2, 0) is 10.5 Å². The zero-order valence-electron chi connectivity index (χ0n) is 12.9. The van der Waals surface area contributed by atoms with Gasteiger partial charge in [0.15, 0.2) is 11.5 Å². The van der Waals surface area contributed by atoms with Crippen LogP contribution in [0.3, 0.4) is 0 Å². The lowest BCUT2D eigenvalue weighted by molar-refractivity contribution is -0.0407. The summed E-state index contributed by atoms with van der Waals surface area (Å²) in [5.74, 6) is 0.709.